The average Bonchev–Trinajstić information content (AvgIpc) is 2.25. The van der Waals surface area contributed by atoms with Gasteiger partial charge in [0.1, 0.15) is 18.1 Å². The van der Waals surface area contributed by atoms with Crippen molar-refractivity contribution < 1.29 is 13.5 Å². The quantitative estimate of drug-likeness (QED) is 0.852. The molecule has 1 unspecified atom stereocenters. The molecule has 0 saturated heterocycles. The number of halogens is 2. The van der Waals surface area contributed by atoms with Gasteiger partial charge in [0, 0.05) is 11.7 Å². The molecule has 0 saturated carbocycles. The number of nitrogens with two attached hydrogens (primary N) is 1. The molecule has 1 aromatic heterocycles. The van der Waals surface area contributed by atoms with Crippen LogP contribution >= 0.6 is 0 Å². The van der Waals surface area contributed by atoms with Gasteiger partial charge in [-0.2, -0.15) is 0 Å². The van der Waals surface area contributed by atoms with Gasteiger partial charge < -0.3 is 10.5 Å². The Morgan fingerprint density at radius 3 is 2.67 bits per heavy atom. The van der Waals surface area contributed by atoms with E-state index in [-0.39, 0.29) is 18.1 Å². The summed E-state index contributed by atoms with van der Waals surface area (Å²) >= 11 is 0. The molecule has 3 nitrogen and oxygen atoms in total. The van der Waals surface area contributed by atoms with Crippen LogP contribution in [-0.2, 0) is 0 Å². The second kappa shape index (κ2) is 6.09. The third-order valence-corrected chi connectivity index (χ3v) is 2.44. The lowest BCUT2D eigenvalue weighted by molar-refractivity contribution is 0.134. The number of pyridine rings is 1. The predicted octanol–water partition coefficient (Wildman–Crippen LogP) is 3.16. The summed E-state index contributed by atoms with van der Waals surface area (Å²) in [5, 5.41) is 0. The molecule has 0 fully saturated rings. The van der Waals surface area contributed by atoms with Crippen molar-refractivity contribution in [3.63, 3.8) is 0 Å². The summed E-state index contributed by atoms with van der Waals surface area (Å²) in [5.41, 5.74) is 5.19. The van der Waals surface area contributed by atoms with Crippen molar-refractivity contribution in [2.75, 3.05) is 6.61 Å². The SMILES string of the molecule is CC(C)CC(C)(N)COc1cccnc1C(F)F. The topological polar surface area (TPSA) is 48.1 Å². The fourth-order valence-electron chi connectivity index (χ4n) is 1.92. The molecule has 0 bridgehead atoms. The van der Waals surface area contributed by atoms with Crippen LogP contribution in [0.4, 0.5) is 8.78 Å². The van der Waals surface area contributed by atoms with Crippen LogP contribution in [0.3, 0.4) is 0 Å². The fourth-order valence-corrected chi connectivity index (χ4v) is 1.92. The van der Waals surface area contributed by atoms with E-state index in [4.69, 9.17) is 10.5 Å². The zero-order chi connectivity index (χ0) is 13.8. The van der Waals surface area contributed by atoms with Gasteiger partial charge in [0.25, 0.3) is 6.43 Å². The lowest BCUT2D eigenvalue weighted by Crippen LogP contribution is -2.43. The van der Waals surface area contributed by atoms with Gasteiger partial charge in [-0.15, -0.1) is 0 Å². The number of aromatic nitrogens is 1. The first-order chi connectivity index (χ1) is 8.32. The lowest BCUT2D eigenvalue weighted by Gasteiger charge is -2.27. The normalized spacial score (nSPS) is 14.9. The number of rotatable bonds is 6. The standard InChI is InChI=1S/C13H20F2N2O/c1-9(2)7-13(3,16)8-18-10-5-4-6-17-11(10)12(14)15/h4-6,9,12H,7-8,16H2,1-3H3. The highest BCUT2D eigenvalue weighted by molar-refractivity contribution is 5.27. The Kier molecular flexibility index (Phi) is 5.02. The predicted molar refractivity (Wildman–Crippen MR) is 66.7 cm³/mol. The second-order valence-electron chi connectivity index (χ2n) is 5.23. The summed E-state index contributed by atoms with van der Waals surface area (Å²) in [7, 11) is 0. The second-order valence-corrected chi connectivity index (χ2v) is 5.23. The highest BCUT2D eigenvalue weighted by Gasteiger charge is 2.23. The molecule has 18 heavy (non-hydrogen) atoms. The smallest absolute Gasteiger partial charge is 0.284 e. The van der Waals surface area contributed by atoms with E-state index in [1.54, 1.807) is 6.07 Å². The van der Waals surface area contributed by atoms with Crippen LogP contribution < -0.4 is 10.5 Å². The van der Waals surface area contributed by atoms with Crippen molar-refractivity contribution in [2.45, 2.75) is 39.2 Å². The van der Waals surface area contributed by atoms with Crippen LogP contribution in [0.25, 0.3) is 0 Å². The number of ether oxygens (including phenoxy) is 1. The first-order valence-corrected chi connectivity index (χ1v) is 5.96. The van der Waals surface area contributed by atoms with Crippen molar-refractivity contribution in [2.24, 2.45) is 11.7 Å². The fraction of sp³-hybridized carbons (Fsp3) is 0.615. The van der Waals surface area contributed by atoms with Gasteiger partial charge in [0.2, 0.25) is 0 Å². The molecule has 102 valence electrons. The van der Waals surface area contributed by atoms with Crippen molar-refractivity contribution >= 4 is 0 Å². The molecule has 1 aromatic rings. The van der Waals surface area contributed by atoms with Crippen molar-refractivity contribution in [1.82, 2.24) is 4.98 Å². The zero-order valence-corrected chi connectivity index (χ0v) is 11.0. The van der Waals surface area contributed by atoms with Crippen LogP contribution in [0.1, 0.15) is 39.3 Å². The molecule has 1 heterocycles. The molecule has 5 heteroatoms. The molecule has 0 aliphatic carbocycles. The highest BCUT2D eigenvalue weighted by atomic mass is 19.3. The average molecular weight is 258 g/mol. The molecule has 1 rings (SSSR count). The highest BCUT2D eigenvalue weighted by Crippen LogP contribution is 2.27. The summed E-state index contributed by atoms with van der Waals surface area (Å²) in [5.74, 6) is 0.528. The van der Waals surface area contributed by atoms with Gasteiger partial charge >= 0.3 is 0 Å². The zero-order valence-electron chi connectivity index (χ0n) is 11.0. The third-order valence-electron chi connectivity index (χ3n) is 2.44. The van der Waals surface area contributed by atoms with Gasteiger partial charge in [0.15, 0.2) is 0 Å². The maximum Gasteiger partial charge on any atom is 0.284 e. The Morgan fingerprint density at radius 2 is 2.11 bits per heavy atom. The minimum atomic E-state index is -2.64. The van der Waals surface area contributed by atoms with E-state index in [0.717, 1.165) is 6.42 Å². The monoisotopic (exact) mass is 258 g/mol. The van der Waals surface area contributed by atoms with E-state index in [0.29, 0.717) is 5.92 Å². The Labute approximate surface area is 106 Å². The van der Waals surface area contributed by atoms with Crippen LogP contribution in [0.2, 0.25) is 0 Å². The Bertz CT molecular complexity index is 381. The summed E-state index contributed by atoms with van der Waals surface area (Å²) in [4.78, 5) is 3.62. The first kappa shape index (κ1) is 14.8. The third kappa shape index (κ3) is 4.56. The van der Waals surface area contributed by atoms with Crippen molar-refractivity contribution in [3.05, 3.63) is 24.0 Å². The van der Waals surface area contributed by atoms with E-state index >= 15 is 0 Å². The van der Waals surface area contributed by atoms with Crippen LogP contribution in [0.5, 0.6) is 5.75 Å². The molecule has 0 radical (unpaired) electrons. The van der Waals surface area contributed by atoms with Crippen LogP contribution in [-0.4, -0.2) is 17.1 Å². The maximum absolute atomic E-state index is 12.7. The van der Waals surface area contributed by atoms with E-state index in [2.05, 4.69) is 18.8 Å². The molecule has 0 spiro atoms. The minimum absolute atomic E-state index is 0.105. The molecule has 1 atom stereocenters. The lowest BCUT2D eigenvalue weighted by atomic mass is 9.93. The van der Waals surface area contributed by atoms with Crippen molar-refractivity contribution in [1.29, 1.82) is 0 Å². The first-order valence-electron chi connectivity index (χ1n) is 5.96. The van der Waals surface area contributed by atoms with Gasteiger partial charge in [-0.05, 0) is 31.4 Å². The van der Waals surface area contributed by atoms with Gasteiger partial charge in [-0.3, -0.25) is 4.98 Å². The maximum atomic E-state index is 12.7. The molecule has 2 N–H and O–H groups in total. The number of alkyl halides is 2. The molecule has 0 aromatic carbocycles. The summed E-state index contributed by atoms with van der Waals surface area (Å²) in [6, 6.07) is 3.05. The van der Waals surface area contributed by atoms with E-state index < -0.39 is 12.0 Å². The minimum Gasteiger partial charge on any atom is -0.490 e. The van der Waals surface area contributed by atoms with E-state index in [1.807, 2.05) is 6.92 Å². The number of hydrogen-bond donors (Lipinski definition) is 1. The van der Waals surface area contributed by atoms with Gasteiger partial charge in [-0.1, -0.05) is 13.8 Å². The molecular weight excluding hydrogens is 238 g/mol. The van der Waals surface area contributed by atoms with Crippen LogP contribution in [0.15, 0.2) is 18.3 Å². The largest absolute Gasteiger partial charge is 0.490 e. The van der Waals surface area contributed by atoms with E-state index in [9.17, 15) is 8.78 Å². The summed E-state index contributed by atoms with van der Waals surface area (Å²) in [6.07, 6.45) is -0.559. The van der Waals surface area contributed by atoms with Gasteiger partial charge in [-0.25, -0.2) is 8.78 Å². The summed E-state index contributed by atoms with van der Waals surface area (Å²) in [6.45, 7) is 6.15. The number of nitrogens with zero attached hydrogens (tertiary/aromatic N) is 1. The number of hydrogen-bond acceptors (Lipinski definition) is 3. The van der Waals surface area contributed by atoms with E-state index in [1.165, 1.54) is 12.3 Å². The molecule has 0 amide bonds. The van der Waals surface area contributed by atoms with Crippen molar-refractivity contribution in [3.8, 4) is 5.75 Å². The molecule has 0 aliphatic heterocycles. The Morgan fingerprint density at radius 1 is 1.44 bits per heavy atom. The Balaban J connectivity index is 2.68. The Hall–Kier alpha value is -1.23. The molecular formula is C13H20F2N2O. The van der Waals surface area contributed by atoms with Gasteiger partial charge in [0.05, 0.1) is 0 Å². The molecule has 0 aliphatic rings. The summed E-state index contributed by atoms with van der Waals surface area (Å²) < 4.78 is 30.8. The van der Waals surface area contributed by atoms with Crippen LogP contribution in [0, 0.1) is 5.92 Å².